The van der Waals surface area contributed by atoms with Crippen LogP contribution in [-0.4, -0.2) is 35.8 Å². The fraction of sp³-hybridized carbons (Fsp3) is 0.405. The predicted octanol–water partition coefficient (Wildman–Crippen LogP) is 8.65. The summed E-state index contributed by atoms with van der Waals surface area (Å²) in [7, 11) is 1.73. The van der Waals surface area contributed by atoms with Crippen molar-refractivity contribution in [1.29, 1.82) is 0 Å². The topological polar surface area (TPSA) is 62.7 Å². The Balaban J connectivity index is 1.21. The van der Waals surface area contributed by atoms with Crippen molar-refractivity contribution in [2.45, 2.75) is 70.3 Å². The molecule has 1 amide bonds. The van der Waals surface area contributed by atoms with Gasteiger partial charge in [-0.25, -0.2) is 4.98 Å². The monoisotopic (exact) mass is 594 g/mol. The minimum absolute atomic E-state index is 0.0289. The Bertz CT molecular complexity index is 1520. The smallest absolute Gasteiger partial charge is 0.230 e. The van der Waals surface area contributed by atoms with Crippen LogP contribution in [0.15, 0.2) is 79.0 Å². The third-order valence-electron chi connectivity index (χ3n) is 9.46. The van der Waals surface area contributed by atoms with Gasteiger partial charge in [-0.2, -0.15) is 0 Å². The van der Waals surface area contributed by atoms with Crippen LogP contribution in [0, 0.1) is 18.8 Å². The van der Waals surface area contributed by atoms with Crippen molar-refractivity contribution >= 4 is 22.9 Å². The van der Waals surface area contributed by atoms with Gasteiger partial charge in [-0.1, -0.05) is 54.6 Å². The van der Waals surface area contributed by atoms with E-state index in [1.165, 1.54) is 11.1 Å². The van der Waals surface area contributed by atoms with Gasteiger partial charge in [-0.3, -0.25) is 4.79 Å². The summed E-state index contributed by atoms with van der Waals surface area (Å²) in [5.41, 5.74) is 5.76. The Morgan fingerprint density at radius 2 is 1.65 bits per heavy atom. The molecule has 0 bridgehead atoms. The second-order valence-corrected chi connectivity index (χ2v) is 13.4. The Morgan fingerprint density at radius 1 is 0.907 bits per heavy atom. The van der Waals surface area contributed by atoms with E-state index in [0.717, 1.165) is 77.5 Å². The van der Waals surface area contributed by atoms with Crippen molar-refractivity contribution in [3.8, 4) is 26.8 Å². The number of thiazole rings is 1. The number of hydrogen-bond acceptors (Lipinski definition) is 5. The van der Waals surface area contributed by atoms with E-state index in [-0.39, 0.29) is 17.9 Å². The normalized spacial score (nSPS) is 22.2. The summed E-state index contributed by atoms with van der Waals surface area (Å²) in [5.74, 6) is 2.15. The molecule has 0 saturated heterocycles. The molecule has 0 atom stereocenters. The fourth-order valence-corrected chi connectivity index (χ4v) is 7.82. The van der Waals surface area contributed by atoms with Crippen LogP contribution >= 0.6 is 11.3 Å². The maximum Gasteiger partial charge on any atom is 0.230 e. The van der Waals surface area contributed by atoms with Crippen molar-refractivity contribution in [2.24, 2.45) is 11.8 Å². The van der Waals surface area contributed by atoms with Crippen molar-refractivity contribution < 1.29 is 14.6 Å². The number of aliphatic hydroxyl groups is 1. The van der Waals surface area contributed by atoms with Crippen LogP contribution in [0.2, 0.25) is 0 Å². The zero-order valence-electron chi connectivity index (χ0n) is 25.2. The summed E-state index contributed by atoms with van der Waals surface area (Å²) in [6, 6.07) is 25.3. The Labute approximate surface area is 259 Å². The van der Waals surface area contributed by atoms with Gasteiger partial charge < -0.3 is 14.7 Å². The molecule has 0 aliphatic heterocycles. The van der Waals surface area contributed by atoms with E-state index in [1.807, 2.05) is 24.4 Å². The van der Waals surface area contributed by atoms with Crippen LogP contribution in [0.3, 0.4) is 0 Å². The predicted molar refractivity (Wildman–Crippen MR) is 176 cm³/mol. The number of hydrogen-bond donors (Lipinski definition) is 1. The minimum Gasteiger partial charge on any atom is -0.496 e. The third-order valence-corrected chi connectivity index (χ3v) is 10.6. The molecule has 1 aromatic heterocycles. The molecule has 1 N–H and O–H groups in total. The highest BCUT2D eigenvalue weighted by molar-refractivity contribution is 7.18. The third kappa shape index (κ3) is 6.86. The minimum atomic E-state index is -0.275. The molecule has 224 valence electrons. The van der Waals surface area contributed by atoms with E-state index in [0.29, 0.717) is 24.7 Å². The van der Waals surface area contributed by atoms with Crippen molar-refractivity contribution in [1.82, 2.24) is 4.98 Å². The number of carbonyl (C=O) groups excluding carboxylic acids is 1. The first kappa shape index (κ1) is 29.6. The van der Waals surface area contributed by atoms with Gasteiger partial charge in [0.05, 0.1) is 18.1 Å². The van der Waals surface area contributed by atoms with Crippen molar-refractivity contribution in [3.63, 3.8) is 0 Å². The van der Waals surface area contributed by atoms with Crippen LogP contribution in [0.25, 0.3) is 21.0 Å². The number of carbonyl (C=O) groups is 1. The fourth-order valence-electron chi connectivity index (χ4n) is 6.91. The molecular weight excluding hydrogens is 552 g/mol. The maximum absolute atomic E-state index is 14.1. The lowest BCUT2D eigenvalue weighted by Crippen LogP contribution is -2.41. The molecule has 2 fully saturated rings. The van der Waals surface area contributed by atoms with Gasteiger partial charge in [0, 0.05) is 29.9 Å². The van der Waals surface area contributed by atoms with E-state index in [2.05, 4.69) is 66.4 Å². The quantitative estimate of drug-likeness (QED) is 0.222. The molecule has 6 heteroatoms. The highest BCUT2D eigenvalue weighted by atomic mass is 32.1. The lowest BCUT2D eigenvalue weighted by atomic mass is 9.78. The average Bonchev–Trinajstić information content (AvgIpc) is 3.55. The number of amides is 1. The molecule has 4 aromatic rings. The number of rotatable bonds is 8. The first-order chi connectivity index (χ1) is 21.0. The van der Waals surface area contributed by atoms with Gasteiger partial charge in [0.25, 0.3) is 0 Å². The molecule has 2 saturated carbocycles. The van der Waals surface area contributed by atoms with Crippen LogP contribution in [0.4, 0.5) is 5.69 Å². The molecule has 2 aliphatic rings. The second kappa shape index (κ2) is 13.4. The SMILES string of the molecule is COc1ccc([C@H]2CC[C@H](CN(c3cccc(-c4cnc(-c5ccccc5)s4)c3)C(=O)[C@H]3CC[C@H](O)CC3)CC2)cc1C. The lowest BCUT2D eigenvalue weighted by molar-refractivity contribution is -0.124. The number of ether oxygens (including phenoxy) is 1. The number of anilines is 1. The number of aromatic nitrogens is 1. The highest BCUT2D eigenvalue weighted by Gasteiger charge is 2.32. The van der Waals surface area contributed by atoms with Crippen molar-refractivity contribution in [3.05, 3.63) is 90.1 Å². The van der Waals surface area contributed by atoms with Gasteiger partial charge in [0.15, 0.2) is 0 Å². The van der Waals surface area contributed by atoms with E-state index in [1.54, 1.807) is 18.4 Å². The van der Waals surface area contributed by atoms with Crippen LogP contribution in [-0.2, 0) is 4.79 Å². The first-order valence-electron chi connectivity index (χ1n) is 15.7. The average molecular weight is 595 g/mol. The number of nitrogens with zero attached hydrogens (tertiary/aromatic N) is 2. The second-order valence-electron chi connectivity index (χ2n) is 12.3. The van der Waals surface area contributed by atoms with Gasteiger partial charge in [0.2, 0.25) is 5.91 Å². The molecule has 5 nitrogen and oxygen atoms in total. The Hall–Kier alpha value is -3.48. The summed E-state index contributed by atoms with van der Waals surface area (Å²) in [6.45, 7) is 2.86. The molecule has 1 heterocycles. The molecular formula is C37H42N2O3S. The summed E-state index contributed by atoms with van der Waals surface area (Å²) in [4.78, 5) is 22.0. The molecule has 6 rings (SSSR count). The zero-order valence-corrected chi connectivity index (χ0v) is 26.1. The summed E-state index contributed by atoms with van der Waals surface area (Å²) in [5, 5.41) is 11.1. The number of aliphatic hydroxyl groups excluding tert-OH is 1. The maximum atomic E-state index is 14.1. The van der Waals surface area contributed by atoms with E-state index >= 15 is 0 Å². The van der Waals surface area contributed by atoms with Crippen molar-refractivity contribution in [2.75, 3.05) is 18.6 Å². The van der Waals surface area contributed by atoms with Gasteiger partial charge in [0.1, 0.15) is 10.8 Å². The molecule has 43 heavy (non-hydrogen) atoms. The van der Waals surface area contributed by atoms with E-state index < -0.39 is 0 Å². The largest absolute Gasteiger partial charge is 0.496 e. The van der Waals surface area contributed by atoms with Crippen LogP contribution in [0.1, 0.15) is 68.4 Å². The number of aryl methyl sites for hydroxylation is 1. The van der Waals surface area contributed by atoms with Crippen LogP contribution in [0.5, 0.6) is 5.75 Å². The molecule has 2 aliphatic carbocycles. The standard InChI is InChI=1S/C37H42N2O3S/c1-25-21-30(17-20-34(25)42-2)27-13-11-26(12-14-27)24-39(37(41)29-15-18-33(40)19-16-29)32-10-6-9-31(22-32)35-23-38-36(43-35)28-7-4-3-5-8-28/h3-10,17,20-23,26-27,29,33,40H,11-16,18-19,24H2,1-2H3/t26-,27-,29-,33-. The lowest BCUT2D eigenvalue weighted by Gasteiger charge is -2.36. The Morgan fingerprint density at radius 3 is 2.37 bits per heavy atom. The molecule has 0 unspecified atom stereocenters. The number of methoxy groups -OCH3 is 1. The van der Waals surface area contributed by atoms with E-state index in [4.69, 9.17) is 9.72 Å². The molecule has 0 radical (unpaired) electrons. The Kier molecular flexibility index (Phi) is 9.25. The highest BCUT2D eigenvalue weighted by Crippen LogP contribution is 2.39. The molecule has 0 spiro atoms. The summed E-state index contributed by atoms with van der Waals surface area (Å²) < 4.78 is 5.47. The van der Waals surface area contributed by atoms with Gasteiger partial charge in [-0.05, 0) is 105 Å². The number of benzene rings is 3. The van der Waals surface area contributed by atoms with E-state index in [9.17, 15) is 9.90 Å². The zero-order chi connectivity index (χ0) is 29.8. The van der Waals surface area contributed by atoms with Crippen LogP contribution < -0.4 is 9.64 Å². The summed E-state index contributed by atoms with van der Waals surface area (Å²) >= 11 is 1.68. The first-order valence-corrected chi connectivity index (χ1v) is 16.6. The van der Waals surface area contributed by atoms with Gasteiger partial charge >= 0.3 is 0 Å². The summed E-state index contributed by atoms with van der Waals surface area (Å²) in [6.07, 6.45) is 9.10. The molecule has 3 aromatic carbocycles. The van der Waals surface area contributed by atoms with Gasteiger partial charge in [-0.15, -0.1) is 11.3 Å².